The number of anilines is 1. The van der Waals surface area contributed by atoms with Gasteiger partial charge in [-0.25, -0.2) is 0 Å². The molecule has 32 heavy (non-hydrogen) atoms. The fourth-order valence-electron chi connectivity index (χ4n) is 5.07. The van der Waals surface area contributed by atoms with Crippen LogP contribution in [0.25, 0.3) is 17.3 Å². The van der Waals surface area contributed by atoms with Gasteiger partial charge in [-0.15, -0.1) is 10.2 Å². The van der Waals surface area contributed by atoms with Gasteiger partial charge in [0.1, 0.15) is 5.75 Å². The van der Waals surface area contributed by atoms with Crippen LogP contribution in [-0.2, 0) is 4.79 Å². The van der Waals surface area contributed by atoms with Crippen LogP contribution >= 0.6 is 0 Å². The van der Waals surface area contributed by atoms with Gasteiger partial charge in [-0.2, -0.15) is 0 Å². The molecule has 5 rings (SSSR count). The number of likely N-dealkylation sites (tertiary alicyclic amines) is 1. The van der Waals surface area contributed by atoms with E-state index in [9.17, 15) is 9.90 Å². The molecule has 4 heterocycles. The van der Waals surface area contributed by atoms with Gasteiger partial charge in [0.2, 0.25) is 5.91 Å². The maximum Gasteiger partial charge on any atom is 0.246 e. The number of aromatic nitrogens is 2. The highest BCUT2D eigenvalue weighted by molar-refractivity contribution is 5.92. The number of aromatic hydroxyl groups is 1. The molecule has 1 aromatic carbocycles. The molecule has 7 heteroatoms. The lowest BCUT2D eigenvalue weighted by Crippen LogP contribution is -2.54. The summed E-state index contributed by atoms with van der Waals surface area (Å²) in [6.45, 7) is 1.66. The highest BCUT2D eigenvalue weighted by Gasteiger charge is 2.33. The zero-order chi connectivity index (χ0) is 22.1. The number of benzene rings is 1. The molecule has 0 aliphatic carbocycles. The molecule has 3 aliphatic heterocycles. The third-order valence-electron chi connectivity index (χ3n) is 7.13. The van der Waals surface area contributed by atoms with Crippen LogP contribution in [-0.4, -0.2) is 64.4 Å². The van der Waals surface area contributed by atoms with Crippen molar-refractivity contribution in [2.24, 2.45) is 0 Å². The van der Waals surface area contributed by atoms with Gasteiger partial charge in [-0.3, -0.25) is 4.79 Å². The Morgan fingerprint density at radius 1 is 1.12 bits per heavy atom. The summed E-state index contributed by atoms with van der Waals surface area (Å²) in [6.07, 6.45) is 10.5. The lowest BCUT2D eigenvalue weighted by atomic mass is 9.83. The van der Waals surface area contributed by atoms with Crippen molar-refractivity contribution < 1.29 is 9.90 Å². The monoisotopic (exact) mass is 433 g/mol. The Hall–Kier alpha value is -2.93. The van der Waals surface area contributed by atoms with Crippen molar-refractivity contribution in [2.75, 3.05) is 25.0 Å². The van der Waals surface area contributed by atoms with E-state index < -0.39 is 0 Å². The Bertz CT molecular complexity index is 990. The van der Waals surface area contributed by atoms with E-state index in [4.69, 9.17) is 0 Å². The quantitative estimate of drug-likeness (QED) is 0.705. The number of hydrogen-bond donors (Lipinski definition) is 2. The third kappa shape index (κ3) is 4.35. The molecule has 0 saturated carbocycles. The fourth-order valence-corrected chi connectivity index (χ4v) is 5.07. The van der Waals surface area contributed by atoms with E-state index in [1.165, 1.54) is 19.3 Å². The van der Waals surface area contributed by atoms with E-state index in [-0.39, 0.29) is 11.7 Å². The van der Waals surface area contributed by atoms with Crippen molar-refractivity contribution >= 4 is 17.8 Å². The number of nitrogens with zero attached hydrogens (tertiary/aromatic N) is 4. The normalized spacial score (nSPS) is 24.9. The van der Waals surface area contributed by atoms with Gasteiger partial charge in [-0.1, -0.05) is 12.5 Å². The van der Waals surface area contributed by atoms with Crippen LogP contribution in [0.2, 0.25) is 0 Å². The number of carbonyl (C=O) groups excluding carboxylic acids is 1. The maximum absolute atomic E-state index is 12.0. The molecule has 2 unspecified atom stereocenters. The number of hydrogen-bond acceptors (Lipinski definition) is 6. The van der Waals surface area contributed by atoms with Gasteiger partial charge in [0.15, 0.2) is 5.82 Å². The molecule has 2 atom stereocenters. The number of rotatable bonds is 5. The summed E-state index contributed by atoms with van der Waals surface area (Å²) in [7, 11) is 2.11. The molecule has 2 bridgehead atoms. The van der Waals surface area contributed by atoms with E-state index in [0.29, 0.717) is 29.4 Å². The molecular formula is C25H31N5O2. The molecule has 1 amide bonds. The largest absolute Gasteiger partial charge is 0.507 e. The summed E-state index contributed by atoms with van der Waals surface area (Å²) in [5, 5.41) is 23.1. The van der Waals surface area contributed by atoms with Crippen LogP contribution < -0.4 is 10.2 Å². The van der Waals surface area contributed by atoms with Crippen molar-refractivity contribution in [2.45, 2.75) is 56.7 Å². The third-order valence-corrected chi connectivity index (χ3v) is 7.13. The van der Waals surface area contributed by atoms with Crippen LogP contribution in [0, 0.1) is 0 Å². The summed E-state index contributed by atoms with van der Waals surface area (Å²) in [5.74, 6) is 1.01. The summed E-state index contributed by atoms with van der Waals surface area (Å²) >= 11 is 0. The number of carbonyl (C=O) groups is 1. The highest BCUT2D eigenvalue weighted by Crippen LogP contribution is 2.32. The van der Waals surface area contributed by atoms with Gasteiger partial charge in [-0.05, 0) is 68.0 Å². The number of phenols is 1. The Kier molecular flexibility index (Phi) is 5.83. The van der Waals surface area contributed by atoms with Crippen LogP contribution in [0.1, 0.15) is 44.1 Å². The first-order valence-corrected chi connectivity index (χ1v) is 11.7. The predicted octanol–water partition coefficient (Wildman–Crippen LogP) is 3.20. The van der Waals surface area contributed by atoms with E-state index in [2.05, 4.69) is 27.5 Å². The molecule has 3 fully saturated rings. The molecule has 3 saturated heterocycles. The molecule has 0 radical (unpaired) electrons. The van der Waals surface area contributed by atoms with Crippen molar-refractivity contribution in [3.63, 3.8) is 0 Å². The lowest BCUT2D eigenvalue weighted by molar-refractivity contribution is -0.129. The number of fused-ring (bicyclic) bond motifs is 2. The summed E-state index contributed by atoms with van der Waals surface area (Å²) in [5.41, 5.74) is 2.05. The van der Waals surface area contributed by atoms with Crippen LogP contribution in [0.5, 0.6) is 5.75 Å². The van der Waals surface area contributed by atoms with Crippen molar-refractivity contribution in [3.05, 3.63) is 42.0 Å². The first-order chi connectivity index (χ1) is 15.6. The molecule has 168 valence electrons. The van der Waals surface area contributed by atoms with E-state index in [1.54, 1.807) is 23.1 Å². The Morgan fingerprint density at radius 2 is 1.91 bits per heavy atom. The molecular weight excluding hydrogens is 402 g/mol. The van der Waals surface area contributed by atoms with E-state index in [0.717, 1.165) is 43.7 Å². The van der Waals surface area contributed by atoms with Crippen molar-refractivity contribution in [1.82, 2.24) is 20.4 Å². The Morgan fingerprint density at radius 3 is 2.53 bits per heavy atom. The SMILES string of the molecule is CN(c1ccc(-c2ccc(/C=C/C(=O)N3CCC3)cc2O)nn1)C1CC2CCCC(C1)N2. The van der Waals surface area contributed by atoms with Crippen LogP contribution in [0.15, 0.2) is 36.4 Å². The second kappa shape index (κ2) is 8.90. The average molecular weight is 434 g/mol. The van der Waals surface area contributed by atoms with E-state index in [1.807, 2.05) is 24.3 Å². The Balaban J connectivity index is 1.26. The van der Waals surface area contributed by atoms with E-state index >= 15 is 0 Å². The molecule has 3 aliphatic rings. The van der Waals surface area contributed by atoms with Gasteiger partial charge in [0.25, 0.3) is 0 Å². The first-order valence-electron chi connectivity index (χ1n) is 11.7. The second-order valence-corrected chi connectivity index (χ2v) is 9.29. The topological polar surface area (TPSA) is 81.6 Å². The van der Waals surface area contributed by atoms with Gasteiger partial charge in [0, 0.05) is 49.9 Å². The average Bonchev–Trinajstić information content (AvgIpc) is 2.76. The zero-order valence-corrected chi connectivity index (χ0v) is 18.6. The van der Waals surface area contributed by atoms with Gasteiger partial charge < -0.3 is 20.2 Å². The fraction of sp³-hybridized carbons (Fsp3) is 0.480. The zero-order valence-electron chi connectivity index (χ0n) is 18.6. The minimum absolute atomic E-state index is 0.0165. The summed E-state index contributed by atoms with van der Waals surface area (Å²) in [6, 6.07) is 11.0. The van der Waals surface area contributed by atoms with Crippen molar-refractivity contribution in [1.29, 1.82) is 0 Å². The maximum atomic E-state index is 12.0. The summed E-state index contributed by atoms with van der Waals surface area (Å²) in [4.78, 5) is 16.0. The molecule has 2 aromatic rings. The molecule has 0 spiro atoms. The highest BCUT2D eigenvalue weighted by atomic mass is 16.3. The van der Waals surface area contributed by atoms with Crippen molar-refractivity contribution in [3.8, 4) is 17.0 Å². The lowest BCUT2D eigenvalue weighted by Gasteiger charge is -2.43. The smallest absolute Gasteiger partial charge is 0.246 e. The van der Waals surface area contributed by atoms with Gasteiger partial charge in [0.05, 0.1) is 5.69 Å². The standard InChI is InChI=1S/C25H31N5O2/c1-29(20-15-18-4-2-5-19(16-20)26-18)24-10-9-22(27-28-24)21-8-6-17(14-23(21)31)7-11-25(32)30-12-3-13-30/h6-11,14,18-20,26,31H,2-5,12-13,15-16H2,1H3/b11-7+. The minimum atomic E-state index is 0.0165. The molecule has 1 aromatic heterocycles. The summed E-state index contributed by atoms with van der Waals surface area (Å²) < 4.78 is 0. The first kappa shape index (κ1) is 20.9. The number of nitrogens with one attached hydrogen (secondary N) is 1. The predicted molar refractivity (Wildman–Crippen MR) is 125 cm³/mol. The van der Waals surface area contributed by atoms with Crippen LogP contribution in [0.3, 0.4) is 0 Å². The second-order valence-electron chi connectivity index (χ2n) is 9.29. The number of piperidine rings is 2. The number of amides is 1. The van der Waals surface area contributed by atoms with Crippen LogP contribution in [0.4, 0.5) is 5.82 Å². The molecule has 7 nitrogen and oxygen atoms in total. The Labute approximate surface area is 189 Å². The number of phenolic OH excluding ortho intramolecular Hbond substituents is 1. The minimum Gasteiger partial charge on any atom is -0.507 e. The van der Waals surface area contributed by atoms with Gasteiger partial charge >= 0.3 is 0 Å². The molecule has 2 N–H and O–H groups in total.